The van der Waals surface area contributed by atoms with Crippen LogP contribution >= 0.6 is 0 Å². The van der Waals surface area contributed by atoms with Gasteiger partial charge in [0.25, 0.3) is 0 Å². The van der Waals surface area contributed by atoms with E-state index in [9.17, 15) is 4.79 Å². The summed E-state index contributed by atoms with van der Waals surface area (Å²) in [5.74, 6) is -0.601. The van der Waals surface area contributed by atoms with Crippen molar-refractivity contribution in [3.05, 3.63) is 65.2 Å². The van der Waals surface area contributed by atoms with Gasteiger partial charge in [0.2, 0.25) is 5.76 Å². The van der Waals surface area contributed by atoms with Crippen molar-refractivity contribution in [3.63, 3.8) is 0 Å². The summed E-state index contributed by atoms with van der Waals surface area (Å²) in [7, 11) is 1.47. The monoisotopic (exact) mass is 384 g/mol. The minimum absolute atomic E-state index is 0.104. The number of carboxylic acids is 1. The molecule has 0 aliphatic carbocycles. The largest absolute Gasteiger partial charge is 0.487 e. The van der Waals surface area contributed by atoms with Crippen LogP contribution < -0.4 is 4.74 Å². The molecule has 0 unspecified atom stereocenters. The van der Waals surface area contributed by atoms with Crippen molar-refractivity contribution < 1.29 is 24.2 Å². The first kappa shape index (κ1) is 21.0. The Bertz CT molecular complexity index is 827. The molecule has 0 bridgehead atoms. The number of oxime groups is 1. The van der Waals surface area contributed by atoms with Crippen LogP contribution in [0.15, 0.2) is 53.5 Å². The van der Waals surface area contributed by atoms with Crippen molar-refractivity contribution in [2.45, 2.75) is 20.3 Å². The molecule has 0 aliphatic heterocycles. The van der Waals surface area contributed by atoms with Gasteiger partial charge in [-0.15, -0.1) is 0 Å². The Morgan fingerprint density at radius 2 is 1.93 bits per heavy atom. The predicted octanol–water partition coefficient (Wildman–Crippen LogP) is 3.54. The van der Waals surface area contributed by atoms with E-state index in [-0.39, 0.29) is 19.0 Å². The maximum absolute atomic E-state index is 11.1. The fraction of sp³-hybridized carbons (Fsp3) is 0.286. The van der Waals surface area contributed by atoms with E-state index in [1.165, 1.54) is 13.2 Å². The highest BCUT2D eigenvalue weighted by molar-refractivity contribution is 5.99. The van der Waals surface area contributed by atoms with Gasteiger partial charge >= 0.3 is 5.97 Å². The normalized spacial score (nSPS) is 11.8. The predicted molar refractivity (Wildman–Crippen MR) is 106 cm³/mol. The van der Waals surface area contributed by atoms with Crippen LogP contribution in [0.3, 0.4) is 0 Å². The zero-order chi connectivity index (χ0) is 20.4. The first-order chi connectivity index (χ1) is 13.6. The van der Waals surface area contributed by atoms with Crippen LogP contribution in [0.2, 0.25) is 0 Å². The zero-order valence-electron chi connectivity index (χ0n) is 16.2. The highest BCUT2D eigenvalue weighted by Crippen LogP contribution is 2.16. The zero-order valence-corrected chi connectivity index (χ0v) is 16.2. The van der Waals surface area contributed by atoms with E-state index in [0.717, 1.165) is 12.0 Å². The number of aliphatic carboxylic acids is 1. The Morgan fingerprint density at radius 3 is 2.46 bits per heavy atom. The minimum Gasteiger partial charge on any atom is -0.487 e. The summed E-state index contributed by atoms with van der Waals surface area (Å²) in [5.41, 5.74) is 3.08. The lowest BCUT2D eigenvalue weighted by atomic mass is 10.2. The average molecular weight is 384 g/mol. The summed E-state index contributed by atoms with van der Waals surface area (Å²) in [4.78, 5) is 20.4. The number of pyridine rings is 1. The summed E-state index contributed by atoms with van der Waals surface area (Å²) in [6.07, 6.45) is 4.18. The third-order valence-electron chi connectivity index (χ3n) is 3.79. The third-order valence-corrected chi connectivity index (χ3v) is 3.79. The lowest BCUT2D eigenvalue weighted by Gasteiger charge is -2.09. The molecule has 0 aliphatic rings. The van der Waals surface area contributed by atoms with Gasteiger partial charge in [0.05, 0.1) is 12.3 Å². The van der Waals surface area contributed by atoms with Crippen LogP contribution in [0.5, 0.6) is 5.75 Å². The van der Waals surface area contributed by atoms with Crippen LogP contribution in [-0.4, -0.2) is 42.1 Å². The Balaban J connectivity index is 2.06. The molecule has 7 heteroatoms. The minimum atomic E-state index is -1.11. The van der Waals surface area contributed by atoms with E-state index in [4.69, 9.17) is 19.4 Å². The highest BCUT2D eigenvalue weighted by atomic mass is 16.6. The third kappa shape index (κ3) is 6.12. The maximum atomic E-state index is 11.1. The van der Waals surface area contributed by atoms with Crippen molar-refractivity contribution in [1.82, 2.24) is 4.98 Å². The van der Waals surface area contributed by atoms with Gasteiger partial charge in [0.15, 0.2) is 0 Å². The molecule has 28 heavy (non-hydrogen) atoms. The molecule has 0 atom stereocenters. The Morgan fingerprint density at radius 1 is 1.18 bits per heavy atom. The molecule has 2 aromatic rings. The van der Waals surface area contributed by atoms with Gasteiger partial charge in [-0.25, -0.2) is 4.79 Å². The first-order valence-corrected chi connectivity index (χ1v) is 8.93. The Hall–Kier alpha value is -3.35. The number of benzene rings is 1. The van der Waals surface area contributed by atoms with Crippen LogP contribution in [0.1, 0.15) is 30.7 Å². The van der Waals surface area contributed by atoms with Crippen LogP contribution in [0.25, 0.3) is 6.08 Å². The second kappa shape index (κ2) is 10.7. The van der Waals surface area contributed by atoms with Crippen LogP contribution in [-0.2, 0) is 20.8 Å². The number of carboxylic acid groups (broad SMARTS) is 1. The lowest BCUT2D eigenvalue weighted by molar-refractivity contribution is -0.136. The molecule has 1 heterocycles. The number of ether oxygens (including phenoxy) is 2. The highest BCUT2D eigenvalue weighted by Gasteiger charge is 2.10. The van der Waals surface area contributed by atoms with E-state index in [0.29, 0.717) is 22.7 Å². The van der Waals surface area contributed by atoms with Gasteiger partial charge in [0.1, 0.15) is 25.2 Å². The molecule has 2 rings (SSSR count). The molecule has 0 spiro atoms. The molecule has 148 valence electrons. The molecular formula is C21H24N2O5. The number of carbonyl (C=O) groups is 1. The molecular weight excluding hydrogens is 360 g/mol. The lowest BCUT2D eigenvalue weighted by Crippen LogP contribution is -2.15. The molecule has 1 aromatic carbocycles. The van der Waals surface area contributed by atoms with E-state index in [1.54, 1.807) is 37.4 Å². The average Bonchev–Trinajstić information content (AvgIpc) is 2.72. The molecule has 1 N–H and O–H groups in total. The fourth-order valence-corrected chi connectivity index (χ4v) is 2.35. The van der Waals surface area contributed by atoms with Crippen LogP contribution in [0.4, 0.5) is 0 Å². The second-order valence-corrected chi connectivity index (χ2v) is 5.73. The fourth-order valence-electron chi connectivity index (χ4n) is 2.35. The standard InChI is InChI=1S/C21H24N2O5/c1-4-15-8-11-18(22-13-15)19(23-26-3)14-28-17-9-6-16(7-10-17)12-20(21(24)25)27-5-2/h6-13H,4-5,14H2,1-3H3,(H,24,25). The number of nitrogens with zero attached hydrogens (tertiary/aromatic N) is 2. The van der Waals surface area contributed by atoms with Gasteiger partial charge in [-0.1, -0.05) is 30.3 Å². The summed E-state index contributed by atoms with van der Waals surface area (Å²) < 4.78 is 10.9. The van der Waals surface area contributed by atoms with E-state index in [2.05, 4.69) is 17.1 Å². The number of aromatic nitrogens is 1. The molecule has 0 fully saturated rings. The van der Waals surface area contributed by atoms with Gasteiger partial charge in [-0.2, -0.15) is 0 Å². The van der Waals surface area contributed by atoms with Crippen molar-refractivity contribution in [2.75, 3.05) is 20.3 Å². The SMILES string of the molecule is CCOC(=Cc1ccc(OCC(=NOC)c2ccc(CC)cn2)cc1)C(=O)O. The van der Waals surface area contributed by atoms with E-state index >= 15 is 0 Å². The number of aryl methyl sites for hydroxylation is 1. The Kier molecular flexibility index (Phi) is 8.02. The van der Waals surface area contributed by atoms with Crippen molar-refractivity contribution >= 4 is 17.8 Å². The van der Waals surface area contributed by atoms with Gasteiger partial charge < -0.3 is 19.4 Å². The molecule has 1 aromatic heterocycles. The number of rotatable bonds is 10. The Labute approximate surface area is 164 Å². The second-order valence-electron chi connectivity index (χ2n) is 5.73. The summed E-state index contributed by atoms with van der Waals surface area (Å²) >= 11 is 0. The quantitative estimate of drug-likeness (QED) is 0.292. The van der Waals surface area contributed by atoms with Crippen molar-refractivity contribution in [3.8, 4) is 5.75 Å². The van der Waals surface area contributed by atoms with Gasteiger partial charge in [-0.3, -0.25) is 4.98 Å². The van der Waals surface area contributed by atoms with Crippen LogP contribution in [0, 0.1) is 0 Å². The summed E-state index contributed by atoms with van der Waals surface area (Å²) in [6, 6.07) is 10.9. The molecule has 0 amide bonds. The van der Waals surface area contributed by atoms with E-state index < -0.39 is 5.97 Å². The molecule has 0 radical (unpaired) electrons. The van der Waals surface area contributed by atoms with E-state index in [1.807, 2.05) is 12.1 Å². The summed E-state index contributed by atoms with van der Waals surface area (Å²) in [5, 5.41) is 13.1. The number of hydrogen-bond acceptors (Lipinski definition) is 6. The molecule has 7 nitrogen and oxygen atoms in total. The summed E-state index contributed by atoms with van der Waals surface area (Å²) in [6.45, 7) is 4.27. The van der Waals surface area contributed by atoms with Gasteiger partial charge in [-0.05, 0) is 48.7 Å². The van der Waals surface area contributed by atoms with Gasteiger partial charge in [0, 0.05) is 6.20 Å². The first-order valence-electron chi connectivity index (χ1n) is 8.93. The maximum Gasteiger partial charge on any atom is 0.371 e. The van der Waals surface area contributed by atoms with Crippen molar-refractivity contribution in [2.24, 2.45) is 5.16 Å². The smallest absolute Gasteiger partial charge is 0.371 e. The molecule has 0 saturated heterocycles. The molecule has 0 saturated carbocycles. The number of hydrogen-bond donors (Lipinski definition) is 1. The van der Waals surface area contributed by atoms with Crippen molar-refractivity contribution in [1.29, 1.82) is 0 Å². The topological polar surface area (TPSA) is 90.2 Å².